The summed E-state index contributed by atoms with van der Waals surface area (Å²) in [6, 6.07) is 17.9. The van der Waals surface area contributed by atoms with Crippen LogP contribution in [0.1, 0.15) is 17.2 Å². The fourth-order valence-electron chi connectivity index (χ4n) is 2.66. The molecular formula is C17H13ClN4. The maximum Gasteiger partial charge on any atom is 0.226 e. The van der Waals surface area contributed by atoms with Crippen molar-refractivity contribution in [3.63, 3.8) is 0 Å². The van der Waals surface area contributed by atoms with E-state index in [1.54, 1.807) is 6.33 Å². The van der Waals surface area contributed by atoms with E-state index in [2.05, 4.69) is 33.6 Å². The van der Waals surface area contributed by atoms with E-state index in [9.17, 15) is 0 Å². The van der Waals surface area contributed by atoms with Crippen molar-refractivity contribution in [3.05, 3.63) is 83.2 Å². The van der Waals surface area contributed by atoms with Crippen LogP contribution in [0.15, 0.2) is 67.0 Å². The molecule has 108 valence electrons. The van der Waals surface area contributed by atoms with Gasteiger partial charge in [0.25, 0.3) is 0 Å². The summed E-state index contributed by atoms with van der Waals surface area (Å²) in [6.07, 6.45) is 3.67. The number of fused-ring (bicyclic) bond motifs is 1. The first kappa shape index (κ1) is 13.1. The molecule has 1 N–H and O–H groups in total. The van der Waals surface area contributed by atoms with E-state index >= 15 is 0 Å². The molecule has 0 amide bonds. The Morgan fingerprint density at radius 1 is 1.00 bits per heavy atom. The van der Waals surface area contributed by atoms with Crippen molar-refractivity contribution in [1.82, 2.24) is 14.8 Å². The largest absolute Gasteiger partial charge is 0.324 e. The van der Waals surface area contributed by atoms with Crippen molar-refractivity contribution >= 4 is 23.2 Å². The fourth-order valence-corrected chi connectivity index (χ4v) is 2.90. The minimum absolute atomic E-state index is 0.0809. The lowest BCUT2D eigenvalue weighted by atomic mass is 10.0. The SMILES string of the molecule is Clc1ccccc1[C@H]1C=C(c2ccccc2)Nc2ncnn21. The second-order valence-corrected chi connectivity index (χ2v) is 5.47. The second kappa shape index (κ2) is 5.31. The van der Waals surface area contributed by atoms with Crippen LogP contribution in [0.3, 0.4) is 0 Å². The number of rotatable bonds is 2. The minimum Gasteiger partial charge on any atom is -0.324 e. The van der Waals surface area contributed by atoms with Crippen LogP contribution >= 0.6 is 11.6 Å². The number of halogens is 1. The first-order valence-corrected chi connectivity index (χ1v) is 7.39. The van der Waals surface area contributed by atoms with Gasteiger partial charge in [0, 0.05) is 10.7 Å². The summed E-state index contributed by atoms with van der Waals surface area (Å²) in [6.45, 7) is 0. The standard InChI is InChI=1S/C17H13ClN4/c18-14-9-5-4-8-13(14)16-10-15(12-6-2-1-3-7-12)21-17-19-11-20-22(16)17/h1-11,16H,(H,19,20,21)/t16-/m1/s1. The molecule has 2 heterocycles. The van der Waals surface area contributed by atoms with Crippen molar-refractivity contribution in [2.75, 3.05) is 5.32 Å². The van der Waals surface area contributed by atoms with Crippen LogP contribution in [0.2, 0.25) is 5.02 Å². The van der Waals surface area contributed by atoms with Crippen LogP contribution in [0.4, 0.5) is 5.95 Å². The molecule has 0 bridgehead atoms. The van der Waals surface area contributed by atoms with E-state index in [0.29, 0.717) is 5.95 Å². The van der Waals surface area contributed by atoms with Crippen LogP contribution in [0.25, 0.3) is 5.70 Å². The van der Waals surface area contributed by atoms with Crippen LogP contribution in [0.5, 0.6) is 0 Å². The van der Waals surface area contributed by atoms with Gasteiger partial charge >= 0.3 is 0 Å². The Morgan fingerprint density at radius 3 is 2.59 bits per heavy atom. The molecule has 4 rings (SSSR count). The molecule has 0 saturated heterocycles. The topological polar surface area (TPSA) is 42.7 Å². The zero-order valence-electron chi connectivity index (χ0n) is 11.6. The maximum atomic E-state index is 6.37. The molecule has 0 fully saturated rings. The minimum atomic E-state index is -0.0809. The van der Waals surface area contributed by atoms with Gasteiger partial charge in [-0.25, -0.2) is 4.68 Å². The molecule has 4 nitrogen and oxygen atoms in total. The number of hydrogen-bond acceptors (Lipinski definition) is 3. The maximum absolute atomic E-state index is 6.37. The highest BCUT2D eigenvalue weighted by Crippen LogP contribution is 2.34. The zero-order valence-corrected chi connectivity index (χ0v) is 12.4. The molecule has 1 aliphatic heterocycles. The number of anilines is 1. The lowest BCUT2D eigenvalue weighted by molar-refractivity contribution is 0.612. The van der Waals surface area contributed by atoms with Crippen molar-refractivity contribution in [3.8, 4) is 0 Å². The van der Waals surface area contributed by atoms with Crippen LogP contribution in [-0.4, -0.2) is 14.8 Å². The zero-order chi connectivity index (χ0) is 14.9. The Hall–Kier alpha value is -2.59. The second-order valence-electron chi connectivity index (χ2n) is 5.07. The highest BCUT2D eigenvalue weighted by molar-refractivity contribution is 6.31. The summed E-state index contributed by atoms with van der Waals surface area (Å²) in [7, 11) is 0. The lowest BCUT2D eigenvalue weighted by Gasteiger charge is -2.25. The molecule has 0 saturated carbocycles. The van der Waals surface area contributed by atoms with Crippen LogP contribution in [0, 0.1) is 0 Å². The molecular weight excluding hydrogens is 296 g/mol. The molecule has 1 atom stereocenters. The van der Waals surface area contributed by atoms with Crippen molar-refractivity contribution in [1.29, 1.82) is 0 Å². The van der Waals surface area contributed by atoms with E-state index < -0.39 is 0 Å². The molecule has 0 radical (unpaired) electrons. The van der Waals surface area contributed by atoms with Crippen LogP contribution < -0.4 is 5.32 Å². The van der Waals surface area contributed by atoms with E-state index in [-0.39, 0.29) is 6.04 Å². The van der Waals surface area contributed by atoms with E-state index in [4.69, 9.17) is 11.6 Å². The van der Waals surface area contributed by atoms with Gasteiger partial charge in [0.05, 0.1) is 0 Å². The fraction of sp³-hybridized carbons (Fsp3) is 0.0588. The van der Waals surface area contributed by atoms with Gasteiger partial charge < -0.3 is 5.32 Å². The Bertz CT molecular complexity index is 839. The van der Waals surface area contributed by atoms with Gasteiger partial charge in [0.15, 0.2) is 0 Å². The third kappa shape index (κ3) is 2.18. The monoisotopic (exact) mass is 308 g/mol. The molecule has 1 aliphatic rings. The van der Waals surface area contributed by atoms with Crippen LogP contribution in [-0.2, 0) is 0 Å². The normalized spacial score (nSPS) is 16.6. The third-order valence-electron chi connectivity index (χ3n) is 3.72. The van der Waals surface area contributed by atoms with E-state index in [1.807, 2.05) is 47.1 Å². The smallest absolute Gasteiger partial charge is 0.226 e. The molecule has 0 aliphatic carbocycles. The average Bonchev–Trinajstić information content (AvgIpc) is 3.04. The number of nitrogens with one attached hydrogen (secondary N) is 1. The quantitative estimate of drug-likeness (QED) is 0.778. The Labute approximate surface area is 133 Å². The summed E-state index contributed by atoms with van der Waals surface area (Å²) in [5.74, 6) is 0.714. The number of hydrogen-bond donors (Lipinski definition) is 1. The van der Waals surface area contributed by atoms with Gasteiger partial charge in [-0.05, 0) is 23.3 Å². The molecule has 1 aromatic heterocycles. The molecule has 0 spiro atoms. The van der Waals surface area contributed by atoms with Crippen molar-refractivity contribution in [2.24, 2.45) is 0 Å². The highest BCUT2D eigenvalue weighted by Gasteiger charge is 2.24. The molecule has 5 heteroatoms. The highest BCUT2D eigenvalue weighted by atomic mass is 35.5. The third-order valence-corrected chi connectivity index (χ3v) is 4.06. The molecule has 3 aromatic rings. The number of allylic oxidation sites excluding steroid dienone is 1. The Morgan fingerprint density at radius 2 is 1.77 bits per heavy atom. The van der Waals surface area contributed by atoms with E-state index in [0.717, 1.165) is 21.8 Å². The van der Waals surface area contributed by atoms with Gasteiger partial charge in [-0.15, -0.1) is 0 Å². The predicted octanol–water partition coefficient (Wildman–Crippen LogP) is 3.99. The molecule has 0 unspecified atom stereocenters. The summed E-state index contributed by atoms with van der Waals surface area (Å²) in [5.41, 5.74) is 3.12. The predicted molar refractivity (Wildman–Crippen MR) is 87.7 cm³/mol. The number of aromatic nitrogens is 3. The number of benzene rings is 2. The van der Waals surface area contributed by atoms with E-state index in [1.165, 1.54) is 0 Å². The first-order valence-electron chi connectivity index (χ1n) is 7.01. The first-order chi connectivity index (χ1) is 10.8. The van der Waals surface area contributed by atoms with Crippen molar-refractivity contribution in [2.45, 2.75) is 6.04 Å². The molecule has 22 heavy (non-hydrogen) atoms. The summed E-state index contributed by atoms with van der Waals surface area (Å²) < 4.78 is 1.84. The summed E-state index contributed by atoms with van der Waals surface area (Å²) >= 11 is 6.37. The van der Waals surface area contributed by atoms with Gasteiger partial charge in [0.1, 0.15) is 12.4 Å². The lowest BCUT2D eigenvalue weighted by Crippen LogP contribution is -2.20. The summed E-state index contributed by atoms with van der Waals surface area (Å²) in [4.78, 5) is 4.29. The Kier molecular flexibility index (Phi) is 3.16. The Balaban J connectivity index is 1.86. The van der Waals surface area contributed by atoms with Gasteiger partial charge in [-0.1, -0.05) is 60.1 Å². The molecule has 2 aromatic carbocycles. The number of nitrogens with zero attached hydrogens (tertiary/aromatic N) is 3. The van der Waals surface area contributed by atoms with Crippen molar-refractivity contribution < 1.29 is 0 Å². The van der Waals surface area contributed by atoms with Gasteiger partial charge in [0.2, 0.25) is 5.95 Å². The van der Waals surface area contributed by atoms with Gasteiger partial charge in [-0.2, -0.15) is 10.1 Å². The average molecular weight is 309 g/mol. The van der Waals surface area contributed by atoms with Gasteiger partial charge in [-0.3, -0.25) is 0 Å². The summed E-state index contributed by atoms with van der Waals surface area (Å²) in [5, 5.41) is 8.37.